The molecular formula is C31H40N2O9. The van der Waals surface area contributed by atoms with Crippen molar-refractivity contribution in [3.05, 3.63) is 52.4 Å². The first-order chi connectivity index (χ1) is 19.9. The van der Waals surface area contributed by atoms with Gasteiger partial charge in [-0.25, -0.2) is 4.79 Å². The van der Waals surface area contributed by atoms with Crippen LogP contribution in [0, 0.1) is 5.92 Å². The number of carbonyl (C=O) groups excluding carboxylic acids is 1. The summed E-state index contributed by atoms with van der Waals surface area (Å²) in [5.41, 5.74) is 0.00211. The lowest BCUT2D eigenvalue weighted by Gasteiger charge is -2.20. The number of amides is 1. The summed E-state index contributed by atoms with van der Waals surface area (Å²) >= 11 is 0. The Bertz CT molecular complexity index is 1430. The van der Waals surface area contributed by atoms with Gasteiger partial charge in [-0.2, -0.15) is 0 Å². The van der Waals surface area contributed by atoms with Crippen LogP contribution >= 0.6 is 0 Å². The Morgan fingerprint density at radius 1 is 1.00 bits per heavy atom. The molecular weight excluding hydrogens is 544 g/mol. The van der Waals surface area contributed by atoms with Gasteiger partial charge in [0.1, 0.15) is 39.6 Å². The lowest BCUT2D eigenvalue weighted by molar-refractivity contribution is -0.142. The molecule has 0 aliphatic carbocycles. The second-order valence-electron chi connectivity index (χ2n) is 11.0. The van der Waals surface area contributed by atoms with Crippen molar-refractivity contribution >= 4 is 23.0 Å². The Hall–Kier alpha value is -4.25. The van der Waals surface area contributed by atoms with Crippen LogP contribution in [0.3, 0.4) is 0 Å². The molecule has 3 aromatic rings. The maximum atomic E-state index is 13.5. The molecule has 0 radical (unpaired) electrons. The number of benzene rings is 2. The molecule has 0 saturated carbocycles. The second kappa shape index (κ2) is 14.6. The van der Waals surface area contributed by atoms with E-state index in [1.165, 1.54) is 6.07 Å². The molecule has 228 valence electrons. The molecule has 1 unspecified atom stereocenters. The molecule has 1 atom stereocenters. The summed E-state index contributed by atoms with van der Waals surface area (Å²) in [5.74, 6) is -0.996. The average molecular weight is 585 g/mol. The number of carboxylic acid groups (broad SMARTS) is 1. The number of aryl methyl sites for hydroxylation is 1. The van der Waals surface area contributed by atoms with Crippen LogP contribution in [0.4, 0.5) is 4.79 Å². The van der Waals surface area contributed by atoms with Gasteiger partial charge in [0.25, 0.3) is 0 Å². The second-order valence-corrected chi connectivity index (χ2v) is 11.0. The van der Waals surface area contributed by atoms with Gasteiger partial charge in [0.05, 0.1) is 18.6 Å². The summed E-state index contributed by atoms with van der Waals surface area (Å²) in [6, 6.07) is 9.34. The molecule has 1 amide bonds. The molecule has 0 fully saturated rings. The zero-order valence-corrected chi connectivity index (χ0v) is 24.5. The van der Waals surface area contributed by atoms with Crippen molar-refractivity contribution in [1.29, 1.82) is 0 Å². The molecule has 11 nitrogen and oxygen atoms in total. The molecule has 0 bridgehead atoms. The van der Waals surface area contributed by atoms with Crippen LogP contribution in [0.1, 0.15) is 52.2 Å². The third-order valence-corrected chi connectivity index (χ3v) is 6.58. The van der Waals surface area contributed by atoms with Crippen molar-refractivity contribution in [3.63, 3.8) is 0 Å². The van der Waals surface area contributed by atoms with Crippen LogP contribution in [0.2, 0.25) is 0 Å². The van der Waals surface area contributed by atoms with Gasteiger partial charge in [-0.1, -0.05) is 12.1 Å². The number of phenolic OH excluding ortho intramolecular Hbond substituents is 2. The number of fused-ring (bicyclic) bond motifs is 1. The molecule has 11 heteroatoms. The molecule has 1 heterocycles. The van der Waals surface area contributed by atoms with Crippen molar-refractivity contribution in [2.45, 2.75) is 58.5 Å². The molecule has 5 N–H and O–H groups in total. The van der Waals surface area contributed by atoms with Crippen LogP contribution in [-0.4, -0.2) is 59.7 Å². The Morgan fingerprint density at radius 3 is 2.36 bits per heavy atom. The SMILES string of the molecule is COc1ccc(-c2c(CCCNCCC(CCCNC(=O)OC(C)(C)C)C(=O)O)oc3cc(O)cc(O)c3c2=O)cc1. The van der Waals surface area contributed by atoms with E-state index < -0.39 is 29.0 Å². The number of alkyl carbamates (subject to hydrolysis) is 1. The van der Waals surface area contributed by atoms with Gasteiger partial charge in [0, 0.05) is 25.1 Å². The average Bonchev–Trinajstić information content (AvgIpc) is 2.90. The van der Waals surface area contributed by atoms with Crippen molar-refractivity contribution in [2.75, 3.05) is 26.7 Å². The zero-order valence-electron chi connectivity index (χ0n) is 24.5. The fraction of sp³-hybridized carbons (Fsp3) is 0.452. The lowest BCUT2D eigenvalue weighted by Crippen LogP contribution is -2.33. The maximum absolute atomic E-state index is 13.5. The molecule has 42 heavy (non-hydrogen) atoms. The third-order valence-electron chi connectivity index (χ3n) is 6.58. The summed E-state index contributed by atoms with van der Waals surface area (Å²) in [5, 5.41) is 35.7. The molecule has 1 aromatic heterocycles. The molecule has 0 spiro atoms. The van der Waals surface area contributed by atoms with E-state index in [0.29, 0.717) is 74.4 Å². The number of hydrogen-bond donors (Lipinski definition) is 5. The first-order valence-corrected chi connectivity index (χ1v) is 14.0. The molecule has 0 aliphatic rings. The number of aromatic hydroxyl groups is 2. The van der Waals surface area contributed by atoms with Crippen LogP contribution in [-0.2, 0) is 16.0 Å². The van der Waals surface area contributed by atoms with E-state index >= 15 is 0 Å². The minimum absolute atomic E-state index is 0.0125. The number of phenols is 2. The van der Waals surface area contributed by atoms with Crippen molar-refractivity contribution in [1.82, 2.24) is 10.6 Å². The predicted octanol–water partition coefficient (Wildman–Crippen LogP) is 4.80. The zero-order chi connectivity index (χ0) is 30.9. The maximum Gasteiger partial charge on any atom is 0.407 e. The number of methoxy groups -OCH3 is 1. The van der Waals surface area contributed by atoms with Gasteiger partial charge < -0.3 is 39.8 Å². The summed E-state index contributed by atoms with van der Waals surface area (Å²) in [4.78, 5) is 36.9. The lowest BCUT2D eigenvalue weighted by atomic mass is 9.99. The summed E-state index contributed by atoms with van der Waals surface area (Å²) < 4.78 is 16.4. The smallest absolute Gasteiger partial charge is 0.407 e. The van der Waals surface area contributed by atoms with Gasteiger partial charge in [-0.15, -0.1) is 0 Å². The standard InChI is InChI=1S/C31H40N2O9/c1-31(2,3)42-30(39)33-15-5-7-20(29(37)38)13-16-32-14-6-8-24-26(19-9-11-22(40-4)12-10-19)28(36)27-23(35)17-21(34)18-25(27)41-24/h9-12,17-18,20,32,34-35H,5-8,13-16H2,1-4H3,(H,33,39)(H,37,38). The molecule has 2 aromatic carbocycles. The Kier molecular flexibility index (Phi) is 11.2. The molecule has 3 rings (SSSR count). The van der Waals surface area contributed by atoms with E-state index in [0.717, 1.165) is 6.07 Å². The number of nitrogens with one attached hydrogen (secondary N) is 2. The number of rotatable bonds is 14. The van der Waals surface area contributed by atoms with Crippen molar-refractivity contribution < 1.29 is 38.8 Å². The van der Waals surface area contributed by atoms with E-state index in [2.05, 4.69) is 10.6 Å². The number of carbonyl (C=O) groups is 2. The normalized spacial score (nSPS) is 12.2. The fourth-order valence-electron chi connectivity index (χ4n) is 4.58. The minimum Gasteiger partial charge on any atom is -0.508 e. The molecule has 0 saturated heterocycles. The van der Waals surface area contributed by atoms with Gasteiger partial charge in [0.15, 0.2) is 0 Å². The van der Waals surface area contributed by atoms with Gasteiger partial charge in [-0.3, -0.25) is 9.59 Å². The van der Waals surface area contributed by atoms with Crippen LogP contribution in [0.5, 0.6) is 17.2 Å². The number of carboxylic acids is 1. The highest BCUT2D eigenvalue weighted by Gasteiger charge is 2.21. The van der Waals surface area contributed by atoms with E-state index in [4.69, 9.17) is 13.9 Å². The first-order valence-electron chi connectivity index (χ1n) is 14.0. The van der Waals surface area contributed by atoms with E-state index in [-0.39, 0.29) is 22.5 Å². The number of aliphatic carboxylic acids is 1. The van der Waals surface area contributed by atoms with Crippen molar-refractivity contribution in [3.8, 4) is 28.4 Å². The quantitative estimate of drug-likeness (QED) is 0.166. The Labute approximate surface area is 244 Å². The van der Waals surface area contributed by atoms with E-state index in [1.807, 2.05) is 0 Å². The van der Waals surface area contributed by atoms with Gasteiger partial charge in [-0.05, 0) is 77.2 Å². The van der Waals surface area contributed by atoms with Crippen LogP contribution < -0.4 is 20.8 Å². The minimum atomic E-state index is -0.886. The van der Waals surface area contributed by atoms with Crippen molar-refractivity contribution in [2.24, 2.45) is 5.92 Å². The third kappa shape index (κ3) is 9.13. The summed E-state index contributed by atoms with van der Waals surface area (Å²) in [6.07, 6.45) is 1.79. The van der Waals surface area contributed by atoms with E-state index in [1.54, 1.807) is 52.1 Å². The first kappa shape index (κ1) is 32.3. The van der Waals surface area contributed by atoms with Crippen LogP contribution in [0.25, 0.3) is 22.1 Å². The van der Waals surface area contributed by atoms with Crippen LogP contribution in [0.15, 0.2) is 45.6 Å². The highest BCUT2D eigenvalue weighted by molar-refractivity contribution is 5.89. The van der Waals surface area contributed by atoms with Gasteiger partial charge >= 0.3 is 12.1 Å². The highest BCUT2D eigenvalue weighted by atomic mass is 16.6. The van der Waals surface area contributed by atoms with Gasteiger partial charge in [0.2, 0.25) is 5.43 Å². The predicted molar refractivity (Wildman–Crippen MR) is 158 cm³/mol. The number of hydrogen-bond acceptors (Lipinski definition) is 9. The Balaban J connectivity index is 1.58. The Morgan fingerprint density at radius 2 is 1.71 bits per heavy atom. The summed E-state index contributed by atoms with van der Waals surface area (Å²) in [7, 11) is 1.55. The highest BCUT2D eigenvalue weighted by Crippen LogP contribution is 2.33. The fourth-order valence-corrected chi connectivity index (χ4v) is 4.58. The molecule has 0 aliphatic heterocycles. The topological polar surface area (TPSA) is 168 Å². The van der Waals surface area contributed by atoms with E-state index in [9.17, 15) is 29.7 Å². The summed E-state index contributed by atoms with van der Waals surface area (Å²) in [6.45, 7) is 6.67. The largest absolute Gasteiger partial charge is 0.508 e. The monoisotopic (exact) mass is 584 g/mol. The number of ether oxygens (including phenoxy) is 2.